The molecular formula is C25H34N2O2. The predicted octanol–water partition coefficient (Wildman–Crippen LogP) is 4.47. The van der Waals surface area contributed by atoms with Crippen LogP contribution in [0.1, 0.15) is 44.1 Å². The van der Waals surface area contributed by atoms with E-state index in [1.54, 1.807) is 0 Å². The average Bonchev–Trinajstić information content (AvgIpc) is 2.72. The number of hydrogen-bond acceptors (Lipinski definition) is 4. The van der Waals surface area contributed by atoms with E-state index in [2.05, 4.69) is 71.4 Å². The van der Waals surface area contributed by atoms with Crippen molar-refractivity contribution in [2.24, 2.45) is 0 Å². The number of nitrogens with zero attached hydrogens (tertiary/aromatic N) is 2. The Kier molecular flexibility index (Phi) is 6.41. The molecule has 29 heavy (non-hydrogen) atoms. The third-order valence-corrected chi connectivity index (χ3v) is 6.58. The molecule has 1 saturated heterocycles. The van der Waals surface area contributed by atoms with Crippen molar-refractivity contribution in [1.82, 2.24) is 4.90 Å². The SMILES string of the molecule is CN(CCC1(O)CCN(Cc2ccccc2)CC1)c1ccc(OC2CCC2)cc1. The number of rotatable bonds is 8. The minimum Gasteiger partial charge on any atom is -0.490 e. The Morgan fingerprint density at radius 2 is 1.72 bits per heavy atom. The van der Waals surface area contributed by atoms with Crippen LogP contribution in [0.3, 0.4) is 0 Å². The Labute approximate surface area is 175 Å². The smallest absolute Gasteiger partial charge is 0.119 e. The second kappa shape index (κ2) is 9.19. The first-order valence-corrected chi connectivity index (χ1v) is 11.1. The second-order valence-electron chi connectivity index (χ2n) is 8.82. The molecule has 0 unspecified atom stereocenters. The summed E-state index contributed by atoms with van der Waals surface area (Å²) in [6.07, 6.45) is 6.58. The van der Waals surface area contributed by atoms with Gasteiger partial charge < -0.3 is 14.7 Å². The minimum absolute atomic E-state index is 0.417. The van der Waals surface area contributed by atoms with E-state index in [1.807, 2.05) is 0 Å². The van der Waals surface area contributed by atoms with Gasteiger partial charge in [0.05, 0.1) is 11.7 Å². The lowest BCUT2D eigenvalue weighted by atomic mass is 9.88. The molecule has 1 saturated carbocycles. The quantitative estimate of drug-likeness (QED) is 0.717. The Morgan fingerprint density at radius 1 is 1.03 bits per heavy atom. The van der Waals surface area contributed by atoms with Gasteiger partial charge in [0.2, 0.25) is 0 Å². The highest BCUT2D eigenvalue weighted by Gasteiger charge is 2.32. The standard InChI is InChI=1S/C25H34N2O2/c1-26(22-10-12-24(13-11-22)29-23-8-5-9-23)17-14-25(28)15-18-27(19-16-25)20-21-6-3-2-4-7-21/h2-4,6-7,10-13,23,28H,5,8-9,14-20H2,1H3. The molecule has 0 spiro atoms. The fourth-order valence-electron chi connectivity index (χ4n) is 4.18. The third-order valence-electron chi connectivity index (χ3n) is 6.58. The summed E-state index contributed by atoms with van der Waals surface area (Å²) >= 11 is 0. The van der Waals surface area contributed by atoms with E-state index in [0.717, 1.165) is 51.2 Å². The maximum absolute atomic E-state index is 11.1. The number of likely N-dealkylation sites (tertiary alicyclic amines) is 1. The zero-order valence-corrected chi connectivity index (χ0v) is 17.6. The van der Waals surface area contributed by atoms with Crippen molar-refractivity contribution in [1.29, 1.82) is 0 Å². The second-order valence-corrected chi connectivity index (χ2v) is 8.82. The number of ether oxygens (including phenoxy) is 1. The van der Waals surface area contributed by atoms with Crippen LogP contribution in [0.2, 0.25) is 0 Å². The normalized spacial score (nSPS) is 19.5. The first-order chi connectivity index (χ1) is 14.1. The lowest BCUT2D eigenvalue weighted by Gasteiger charge is -2.39. The van der Waals surface area contributed by atoms with Gasteiger partial charge in [-0.15, -0.1) is 0 Å². The van der Waals surface area contributed by atoms with Gasteiger partial charge in [-0.25, -0.2) is 0 Å². The van der Waals surface area contributed by atoms with Gasteiger partial charge in [-0.1, -0.05) is 30.3 Å². The Morgan fingerprint density at radius 3 is 2.34 bits per heavy atom. The summed E-state index contributed by atoms with van der Waals surface area (Å²) in [5.41, 5.74) is 1.98. The lowest BCUT2D eigenvalue weighted by Crippen LogP contribution is -2.45. The van der Waals surface area contributed by atoms with Crippen LogP contribution < -0.4 is 9.64 Å². The van der Waals surface area contributed by atoms with E-state index in [0.29, 0.717) is 6.10 Å². The van der Waals surface area contributed by atoms with Crippen LogP contribution in [0.15, 0.2) is 54.6 Å². The molecule has 2 aliphatic rings. The van der Waals surface area contributed by atoms with Gasteiger partial charge in [-0.05, 0) is 68.4 Å². The van der Waals surface area contributed by atoms with Crippen molar-refractivity contribution < 1.29 is 9.84 Å². The van der Waals surface area contributed by atoms with Crippen LogP contribution >= 0.6 is 0 Å². The number of benzene rings is 2. The summed E-state index contributed by atoms with van der Waals surface area (Å²) in [5, 5.41) is 11.1. The molecule has 1 aliphatic carbocycles. The van der Waals surface area contributed by atoms with Crippen molar-refractivity contribution >= 4 is 5.69 Å². The maximum atomic E-state index is 11.1. The summed E-state index contributed by atoms with van der Waals surface area (Å²) in [7, 11) is 2.11. The first-order valence-electron chi connectivity index (χ1n) is 11.1. The van der Waals surface area contributed by atoms with Crippen LogP contribution in [-0.2, 0) is 6.54 Å². The fourth-order valence-corrected chi connectivity index (χ4v) is 4.18. The molecular weight excluding hydrogens is 360 g/mol. The van der Waals surface area contributed by atoms with Gasteiger partial charge in [0.25, 0.3) is 0 Å². The summed E-state index contributed by atoms with van der Waals surface area (Å²) < 4.78 is 5.95. The fraction of sp³-hybridized carbons (Fsp3) is 0.520. The van der Waals surface area contributed by atoms with Crippen molar-refractivity contribution in [2.45, 2.75) is 56.8 Å². The maximum Gasteiger partial charge on any atom is 0.119 e. The van der Waals surface area contributed by atoms with Gasteiger partial charge in [0.15, 0.2) is 0 Å². The number of piperidine rings is 1. The van der Waals surface area contributed by atoms with Crippen LogP contribution in [0, 0.1) is 0 Å². The molecule has 0 radical (unpaired) electrons. The number of hydrogen-bond donors (Lipinski definition) is 1. The minimum atomic E-state index is -0.547. The number of anilines is 1. The Bertz CT molecular complexity index is 750. The molecule has 1 N–H and O–H groups in total. The summed E-state index contributed by atoms with van der Waals surface area (Å²) in [4.78, 5) is 4.69. The molecule has 0 aromatic heterocycles. The van der Waals surface area contributed by atoms with Gasteiger partial charge >= 0.3 is 0 Å². The van der Waals surface area contributed by atoms with Gasteiger partial charge in [0, 0.05) is 38.9 Å². The molecule has 1 aliphatic heterocycles. The molecule has 4 nitrogen and oxygen atoms in total. The molecule has 2 aromatic rings. The molecule has 4 rings (SSSR count). The first kappa shape index (κ1) is 20.2. The molecule has 2 fully saturated rings. The van der Waals surface area contributed by atoms with E-state index in [-0.39, 0.29) is 0 Å². The largest absolute Gasteiger partial charge is 0.490 e. The van der Waals surface area contributed by atoms with Gasteiger partial charge in [0.1, 0.15) is 5.75 Å². The summed E-state index contributed by atoms with van der Waals surface area (Å²) in [6, 6.07) is 19.0. The van der Waals surface area contributed by atoms with Gasteiger partial charge in [-0.2, -0.15) is 0 Å². The van der Waals surface area contributed by atoms with Crippen molar-refractivity contribution in [3.05, 3.63) is 60.2 Å². The predicted molar refractivity (Wildman–Crippen MR) is 118 cm³/mol. The summed E-state index contributed by atoms with van der Waals surface area (Å²) in [5.74, 6) is 0.969. The van der Waals surface area contributed by atoms with Crippen LogP contribution in [0.4, 0.5) is 5.69 Å². The molecule has 0 atom stereocenters. The Hall–Kier alpha value is -2.04. The monoisotopic (exact) mass is 394 g/mol. The topological polar surface area (TPSA) is 35.9 Å². The van der Waals surface area contributed by atoms with Crippen LogP contribution in [0.5, 0.6) is 5.75 Å². The van der Waals surface area contributed by atoms with Crippen molar-refractivity contribution in [2.75, 3.05) is 31.6 Å². The lowest BCUT2D eigenvalue weighted by molar-refractivity contribution is -0.0275. The Balaban J connectivity index is 1.22. The molecule has 0 amide bonds. The molecule has 2 aromatic carbocycles. The molecule has 0 bridgehead atoms. The zero-order valence-electron chi connectivity index (χ0n) is 17.6. The van der Waals surface area contributed by atoms with Crippen molar-refractivity contribution in [3.8, 4) is 5.75 Å². The number of aliphatic hydroxyl groups is 1. The van der Waals surface area contributed by atoms with Crippen LogP contribution in [-0.4, -0.2) is 48.4 Å². The highest BCUT2D eigenvalue weighted by molar-refractivity contribution is 5.48. The molecule has 156 valence electrons. The van der Waals surface area contributed by atoms with Gasteiger partial charge in [-0.3, -0.25) is 4.90 Å². The molecule has 4 heteroatoms. The average molecular weight is 395 g/mol. The van der Waals surface area contributed by atoms with E-state index < -0.39 is 5.60 Å². The van der Waals surface area contributed by atoms with E-state index in [4.69, 9.17) is 4.74 Å². The van der Waals surface area contributed by atoms with E-state index >= 15 is 0 Å². The molecule has 1 heterocycles. The van der Waals surface area contributed by atoms with Crippen molar-refractivity contribution in [3.63, 3.8) is 0 Å². The highest BCUT2D eigenvalue weighted by Crippen LogP contribution is 2.29. The van der Waals surface area contributed by atoms with E-state index in [9.17, 15) is 5.11 Å². The third kappa shape index (κ3) is 5.52. The zero-order chi connectivity index (χ0) is 20.1. The van der Waals surface area contributed by atoms with Crippen LogP contribution in [0.25, 0.3) is 0 Å². The van der Waals surface area contributed by atoms with E-state index in [1.165, 1.54) is 30.5 Å². The highest BCUT2D eigenvalue weighted by atomic mass is 16.5. The summed E-state index contributed by atoms with van der Waals surface area (Å²) in [6.45, 7) is 3.76.